The third-order valence-corrected chi connectivity index (χ3v) is 3.96. The highest BCUT2D eigenvalue weighted by Gasteiger charge is 2.20. The van der Waals surface area contributed by atoms with Gasteiger partial charge in [-0.1, -0.05) is 6.07 Å². The van der Waals surface area contributed by atoms with E-state index in [2.05, 4.69) is 10.0 Å². The highest BCUT2D eigenvalue weighted by molar-refractivity contribution is 7.89. The number of ether oxygens (including phenoxy) is 1. The SMILES string of the molecule is COCCNCCNS(=O)(=O)c1cccc(F)c1C#N. The molecule has 1 rings (SSSR count). The van der Waals surface area contributed by atoms with Crippen molar-refractivity contribution >= 4 is 10.0 Å². The summed E-state index contributed by atoms with van der Waals surface area (Å²) in [5.41, 5.74) is -0.479. The average Bonchev–Trinajstić information content (AvgIpc) is 2.42. The summed E-state index contributed by atoms with van der Waals surface area (Å²) in [6.07, 6.45) is 0. The van der Waals surface area contributed by atoms with E-state index in [9.17, 15) is 12.8 Å². The second kappa shape index (κ2) is 7.91. The summed E-state index contributed by atoms with van der Waals surface area (Å²) in [7, 11) is -2.33. The first kappa shape index (κ1) is 16.5. The minimum absolute atomic E-state index is 0.132. The molecule has 0 saturated heterocycles. The fraction of sp³-hybridized carbons (Fsp3) is 0.417. The van der Waals surface area contributed by atoms with Crippen LogP contribution in [0.15, 0.2) is 23.1 Å². The molecule has 1 aromatic rings. The molecule has 0 aliphatic rings. The van der Waals surface area contributed by atoms with Crippen molar-refractivity contribution < 1.29 is 17.5 Å². The van der Waals surface area contributed by atoms with Crippen LogP contribution in [-0.4, -0.2) is 41.8 Å². The first-order valence-corrected chi connectivity index (χ1v) is 7.39. The number of rotatable bonds is 8. The van der Waals surface area contributed by atoms with E-state index in [1.54, 1.807) is 13.2 Å². The summed E-state index contributed by atoms with van der Waals surface area (Å²) in [6.45, 7) is 1.66. The Morgan fingerprint density at radius 1 is 1.35 bits per heavy atom. The van der Waals surface area contributed by atoms with Crippen LogP contribution in [0.2, 0.25) is 0 Å². The highest BCUT2D eigenvalue weighted by atomic mass is 32.2. The van der Waals surface area contributed by atoms with E-state index in [4.69, 9.17) is 10.00 Å². The van der Waals surface area contributed by atoms with Crippen molar-refractivity contribution in [2.45, 2.75) is 4.90 Å². The van der Waals surface area contributed by atoms with Gasteiger partial charge in [0.15, 0.2) is 0 Å². The van der Waals surface area contributed by atoms with Crippen LogP contribution in [0.4, 0.5) is 4.39 Å². The van der Waals surface area contributed by atoms with Crippen molar-refractivity contribution in [3.63, 3.8) is 0 Å². The van der Waals surface area contributed by atoms with E-state index >= 15 is 0 Å². The van der Waals surface area contributed by atoms with Crippen molar-refractivity contribution in [1.82, 2.24) is 10.0 Å². The molecule has 2 N–H and O–H groups in total. The van der Waals surface area contributed by atoms with Gasteiger partial charge in [0.2, 0.25) is 10.0 Å². The van der Waals surface area contributed by atoms with Gasteiger partial charge in [-0.25, -0.2) is 17.5 Å². The predicted octanol–water partition coefficient (Wildman–Crippen LogP) is 0.212. The monoisotopic (exact) mass is 301 g/mol. The van der Waals surface area contributed by atoms with Crippen molar-refractivity contribution in [3.05, 3.63) is 29.6 Å². The van der Waals surface area contributed by atoms with Crippen LogP contribution in [0.25, 0.3) is 0 Å². The third-order valence-electron chi connectivity index (χ3n) is 2.45. The van der Waals surface area contributed by atoms with E-state index in [0.717, 1.165) is 6.07 Å². The van der Waals surface area contributed by atoms with Crippen LogP contribution in [0.5, 0.6) is 0 Å². The number of hydrogen-bond acceptors (Lipinski definition) is 5. The summed E-state index contributed by atoms with van der Waals surface area (Å²) in [6, 6.07) is 5.06. The van der Waals surface area contributed by atoms with Gasteiger partial charge in [-0.15, -0.1) is 0 Å². The van der Waals surface area contributed by atoms with Gasteiger partial charge >= 0.3 is 0 Å². The molecule has 0 unspecified atom stereocenters. The summed E-state index contributed by atoms with van der Waals surface area (Å²) >= 11 is 0. The minimum atomic E-state index is -3.90. The molecule has 0 radical (unpaired) electrons. The standard InChI is InChI=1S/C12H16FN3O3S/c1-19-8-7-15-5-6-16-20(17,18)12-4-2-3-11(13)10(12)9-14/h2-4,15-16H,5-8H2,1H3. The van der Waals surface area contributed by atoms with Crippen LogP contribution in [0, 0.1) is 17.1 Å². The molecule has 8 heteroatoms. The Hall–Kier alpha value is -1.53. The maximum atomic E-state index is 13.4. The second-order valence-corrected chi connectivity index (χ2v) is 5.60. The summed E-state index contributed by atoms with van der Waals surface area (Å²) < 4.78 is 44.4. The van der Waals surface area contributed by atoms with Crippen molar-refractivity contribution in [1.29, 1.82) is 5.26 Å². The fourth-order valence-corrected chi connectivity index (χ4v) is 2.68. The lowest BCUT2D eigenvalue weighted by Gasteiger charge is -2.09. The van der Waals surface area contributed by atoms with Gasteiger partial charge in [-0.05, 0) is 12.1 Å². The Kier molecular flexibility index (Phi) is 6.54. The first-order chi connectivity index (χ1) is 9.53. The molecule has 1 aromatic carbocycles. The second-order valence-electron chi connectivity index (χ2n) is 3.87. The lowest BCUT2D eigenvalue weighted by molar-refractivity contribution is 0.199. The van der Waals surface area contributed by atoms with Gasteiger partial charge in [0.25, 0.3) is 0 Å². The van der Waals surface area contributed by atoms with E-state index in [1.165, 1.54) is 12.1 Å². The average molecular weight is 301 g/mol. The number of nitrogens with one attached hydrogen (secondary N) is 2. The summed E-state index contributed by atoms with van der Waals surface area (Å²) in [4.78, 5) is -0.350. The van der Waals surface area contributed by atoms with E-state index in [1.807, 2.05) is 0 Å². The van der Waals surface area contributed by atoms with Crippen LogP contribution in [0.1, 0.15) is 5.56 Å². The van der Waals surface area contributed by atoms with Crippen molar-refractivity contribution in [2.75, 3.05) is 33.4 Å². The van der Waals surface area contributed by atoms with Crippen LogP contribution < -0.4 is 10.0 Å². The van der Waals surface area contributed by atoms with Gasteiger partial charge in [-0.3, -0.25) is 0 Å². The Morgan fingerprint density at radius 2 is 2.10 bits per heavy atom. The molecular formula is C12H16FN3O3S. The summed E-state index contributed by atoms with van der Waals surface area (Å²) in [5, 5.41) is 11.8. The lowest BCUT2D eigenvalue weighted by atomic mass is 10.2. The zero-order valence-corrected chi connectivity index (χ0v) is 11.8. The number of halogens is 1. The maximum absolute atomic E-state index is 13.4. The Bertz CT molecular complexity index is 584. The van der Waals surface area contributed by atoms with E-state index in [-0.39, 0.29) is 11.4 Å². The van der Waals surface area contributed by atoms with E-state index in [0.29, 0.717) is 19.7 Å². The van der Waals surface area contributed by atoms with Gasteiger partial charge in [0, 0.05) is 26.7 Å². The topological polar surface area (TPSA) is 91.2 Å². The Labute approximate surface area is 117 Å². The van der Waals surface area contributed by atoms with Crippen molar-refractivity contribution in [2.24, 2.45) is 0 Å². The molecule has 0 aliphatic heterocycles. The molecule has 0 saturated carbocycles. The molecular weight excluding hydrogens is 285 g/mol. The smallest absolute Gasteiger partial charge is 0.242 e. The van der Waals surface area contributed by atoms with E-state index < -0.39 is 21.4 Å². The number of nitrogens with zero attached hydrogens (tertiary/aromatic N) is 1. The third kappa shape index (κ3) is 4.54. The molecule has 0 heterocycles. The highest BCUT2D eigenvalue weighted by Crippen LogP contribution is 2.17. The quantitative estimate of drug-likeness (QED) is 0.670. The zero-order valence-electron chi connectivity index (χ0n) is 11.0. The van der Waals surface area contributed by atoms with Gasteiger partial charge in [0.05, 0.1) is 6.61 Å². The molecule has 6 nitrogen and oxygen atoms in total. The normalized spacial score (nSPS) is 11.2. The summed E-state index contributed by atoms with van der Waals surface area (Å²) in [5.74, 6) is -0.853. The largest absolute Gasteiger partial charge is 0.383 e. The molecule has 20 heavy (non-hydrogen) atoms. The lowest BCUT2D eigenvalue weighted by Crippen LogP contribution is -2.33. The number of hydrogen-bond donors (Lipinski definition) is 2. The van der Waals surface area contributed by atoms with Gasteiger partial charge in [0.1, 0.15) is 22.3 Å². The molecule has 110 valence electrons. The number of nitriles is 1. The van der Waals surface area contributed by atoms with Crippen LogP contribution >= 0.6 is 0 Å². The Balaban J connectivity index is 2.66. The zero-order chi connectivity index (χ0) is 15.0. The molecule has 0 amide bonds. The van der Waals surface area contributed by atoms with Crippen LogP contribution in [-0.2, 0) is 14.8 Å². The first-order valence-electron chi connectivity index (χ1n) is 5.91. The molecule has 0 bridgehead atoms. The number of benzene rings is 1. The number of sulfonamides is 1. The molecule has 0 fully saturated rings. The maximum Gasteiger partial charge on any atom is 0.242 e. The molecule has 0 aliphatic carbocycles. The predicted molar refractivity (Wildman–Crippen MR) is 71.0 cm³/mol. The Morgan fingerprint density at radius 3 is 2.75 bits per heavy atom. The van der Waals surface area contributed by atoms with Crippen LogP contribution in [0.3, 0.4) is 0 Å². The minimum Gasteiger partial charge on any atom is -0.383 e. The number of methoxy groups -OCH3 is 1. The molecule has 0 aromatic heterocycles. The molecule has 0 atom stereocenters. The van der Waals surface area contributed by atoms with Crippen molar-refractivity contribution in [3.8, 4) is 6.07 Å². The van der Waals surface area contributed by atoms with Gasteiger partial charge < -0.3 is 10.1 Å². The fourth-order valence-electron chi connectivity index (χ4n) is 1.49. The van der Waals surface area contributed by atoms with Gasteiger partial charge in [-0.2, -0.15) is 5.26 Å². The molecule has 0 spiro atoms.